The van der Waals surface area contributed by atoms with Crippen LogP contribution in [0.15, 0.2) is 18.2 Å². The van der Waals surface area contributed by atoms with Gasteiger partial charge in [0.05, 0.1) is 40.1 Å². The number of aliphatic hydroxyl groups is 2. The van der Waals surface area contributed by atoms with Crippen molar-refractivity contribution in [3.05, 3.63) is 23.8 Å². The molecule has 24 heavy (non-hydrogen) atoms. The van der Waals surface area contributed by atoms with E-state index in [2.05, 4.69) is 5.32 Å². The molecule has 7 nitrogen and oxygen atoms in total. The second kappa shape index (κ2) is 9.14. The van der Waals surface area contributed by atoms with Crippen LogP contribution in [0.3, 0.4) is 0 Å². The highest BCUT2D eigenvalue weighted by Crippen LogP contribution is 2.38. The standard InChI is InChI=1S/C17H25NO6/c1-5-17(10-19,11-20)18-15(21)7-6-12-8-13(22-2)16(24-4)14(9-12)23-3/h6-9,19-20H,5,10-11H2,1-4H3,(H,18,21). The van der Waals surface area contributed by atoms with Crippen molar-refractivity contribution in [2.75, 3.05) is 34.5 Å². The van der Waals surface area contributed by atoms with Crippen LogP contribution in [-0.4, -0.2) is 56.2 Å². The van der Waals surface area contributed by atoms with E-state index in [9.17, 15) is 15.0 Å². The maximum Gasteiger partial charge on any atom is 0.244 e. The molecule has 1 amide bonds. The molecule has 0 saturated heterocycles. The number of hydrogen-bond acceptors (Lipinski definition) is 6. The quantitative estimate of drug-likeness (QED) is 0.580. The van der Waals surface area contributed by atoms with Crippen molar-refractivity contribution >= 4 is 12.0 Å². The molecule has 0 aromatic heterocycles. The Morgan fingerprint density at radius 2 is 1.67 bits per heavy atom. The summed E-state index contributed by atoms with van der Waals surface area (Å²) in [5.41, 5.74) is -0.355. The highest BCUT2D eigenvalue weighted by Gasteiger charge is 2.27. The van der Waals surface area contributed by atoms with Crippen LogP contribution < -0.4 is 19.5 Å². The van der Waals surface area contributed by atoms with Crippen LogP contribution in [0, 0.1) is 0 Å². The third kappa shape index (κ3) is 4.62. The van der Waals surface area contributed by atoms with Gasteiger partial charge in [0.15, 0.2) is 11.5 Å². The summed E-state index contributed by atoms with van der Waals surface area (Å²) in [6, 6.07) is 3.41. The number of ether oxygens (including phenoxy) is 3. The smallest absolute Gasteiger partial charge is 0.244 e. The van der Waals surface area contributed by atoms with E-state index >= 15 is 0 Å². The molecule has 7 heteroatoms. The largest absolute Gasteiger partial charge is 0.493 e. The fourth-order valence-electron chi connectivity index (χ4n) is 2.11. The van der Waals surface area contributed by atoms with Crippen LogP contribution in [0.1, 0.15) is 18.9 Å². The van der Waals surface area contributed by atoms with Gasteiger partial charge in [0.2, 0.25) is 11.7 Å². The zero-order chi connectivity index (χ0) is 18.2. The molecule has 134 valence electrons. The SMILES string of the molecule is CCC(CO)(CO)NC(=O)C=Cc1cc(OC)c(OC)c(OC)c1. The molecule has 0 aliphatic rings. The van der Waals surface area contributed by atoms with E-state index < -0.39 is 11.4 Å². The van der Waals surface area contributed by atoms with Crippen molar-refractivity contribution < 1.29 is 29.2 Å². The van der Waals surface area contributed by atoms with E-state index in [4.69, 9.17) is 14.2 Å². The van der Waals surface area contributed by atoms with Crippen molar-refractivity contribution in [1.82, 2.24) is 5.32 Å². The van der Waals surface area contributed by atoms with E-state index in [0.717, 1.165) is 0 Å². The van der Waals surface area contributed by atoms with E-state index in [0.29, 0.717) is 29.2 Å². The lowest BCUT2D eigenvalue weighted by atomic mass is 9.98. The van der Waals surface area contributed by atoms with Crippen molar-refractivity contribution in [3.63, 3.8) is 0 Å². The van der Waals surface area contributed by atoms with Crippen LogP contribution in [0.2, 0.25) is 0 Å². The van der Waals surface area contributed by atoms with Gasteiger partial charge in [-0.3, -0.25) is 4.79 Å². The van der Waals surface area contributed by atoms with Crippen molar-refractivity contribution in [2.24, 2.45) is 0 Å². The first-order valence-electron chi connectivity index (χ1n) is 7.51. The first kappa shape index (κ1) is 19.8. The topological polar surface area (TPSA) is 97.3 Å². The van der Waals surface area contributed by atoms with Crippen LogP contribution in [0.25, 0.3) is 6.08 Å². The summed E-state index contributed by atoms with van der Waals surface area (Å²) in [5.74, 6) is 0.997. The number of methoxy groups -OCH3 is 3. The van der Waals surface area contributed by atoms with Gasteiger partial charge in [-0.25, -0.2) is 0 Å². The van der Waals surface area contributed by atoms with Gasteiger partial charge < -0.3 is 29.7 Å². The number of rotatable bonds is 9. The maximum atomic E-state index is 12.0. The molecule has 0 unspecified atom stereocenters. The molecule has 0 radical (unpaired) electrons. The zero-order valence-electron chi connectivity index (χ0n) is 14.5. The Hall–Kier alpha value is -2.25. The molecule has 0 aliphatic heterocycles. The fourth-order valence-corrected chi connectivity index (χ4v) is 2.11. The Morgan fingerprint density at radius 1 is 1.12 bits per heavy atom. The molecule has 1 rings (SSSR count). The third-order valence-corrected chi connectivity index (χ3v) is 3.78. The average molecular weight is 339 g/mol. The Labute approximate surface area is 141 Å². The van der Waals surface area contributed by atoms with Gasteiger partial charge in [-0.2, -0.15) is 0 Å². The van der Waals surface area contributed by atoms with Gasteiger partial charge >= 0.3 is 0 Å². The van der Waals surface area contributed by atoms with Crippen molar-refractivity contribution in [2.45, 2.75) is 18.9 Å². The van der Waals surface area contributed by atoms with Crippen molar-refractivity contribution in [3.8, 4) is 17.2 Å². The summed E-state index contributed by atoms with van der Waals surface area (Å²) >= 11 is 0. The van der Waals surface area contributed by atoms with E-state index in [1.165, 1.54) is 27.4 Å². The monoisotopic (exact) mass is 339 g/mol. The molecule has 1 aromatic carbocycles. The third-order valence-electron chi connectivity index (χ3n) is 3.78. The number of carbonyl (C=O) groups excluding carboxylic acids is 1. The number of nitrogens with one attached hydrogen (secondary N) is 1. The number of amides is 1. The van der Waals surface area contributed by atoms with Gasteiger partial charge in [0, 0.05) is 6.08 Å². The summed E-state index contributed by atoms with van der Waals surface area (Å²) < 4.78 is 15.7. The number of carbonyl (C=O) groups is 1. The van der Waals surface area contributed by atoms with Gasteiger partial charge in [-0.05, 0) is 30.2 Å². The summed E-state index contributed by atoms with van der Waals surface area (Å²) in [4.78, 5) is 12.0. The number of aliphatic hydroxyl groups excluding tert-OH is 2. The molecule has 0 fully saturated rings. The predicted molar refractivity (Wildman–Crippen MR) is 90.5 cm³/mol. The molecular weight excluding hydrogens is 314 g/mol. The molecule has 0 atom stereocenters. The molecule has 0 aliphatic carbocycles. The van der Waals surface area contributed by atoms with Gasteiger partial charge in [-0.1, -0.05) is 6.92 Å². The summed E-state index contributed by atoms with van der Waals surface area (Å²) in [6.45, 7) is 1.09. The Balaban J connectivity index is 2.99. The Kier molecular flexibility index (Phi) is 7.54. The molecule has 1 aromatic rings. The van der Waals surface area contributed by atoms with Gasteiger partial charge in [0.25, 0.3) is 0 Å². The minimum absolute atomic E-state index is 0.343. The minimum atomic E-state index is -1.03. The minimum Gasteiger partial charge on any atom is -0.493 e. The van der Waals surface area contributed by atoms with Crippen molar-refractivity contribution in [1.29, 1.82) is 0 Å². The lowest BCUT2D eigenvalue weighted by molar-refractivity contribution is -0.119. The summed E-state index contributed by atoms with van der Waals surface area (Å²) in [7, 11) is 4.53. The lowest BCUT2D eigenvalue weighted by Crippen LogP contribution is -2.53. The highest BCUT2D eigenvalue weighted by atomic mass is 16.5. The second-order valence-electron chi connectivity index (χ2n) is 5.23. The number of benzene rings is 1. The van der Waals surface area contributed by atoms with Crippen LogP contribution in [0.5, 0.6) is 17.2 Å². The van der Waals surface area contributed by atoms with E-state index in [1.54, 1.807) is 25.1 Å². The Morgan fingerprint density at radius 3 is 2.04 bits per heavy atom. The van der Waals surface area contributed by atoms with Gasteiger partial charge in [-0.15, -0.1) is 0 Å². The predicted octanol–water partition coefficient (Wildman–Crippen LogP) is 0.975. The van der Waals surface area contributed by atoms with E-state index in [-0.39, 0.29) is 13.2 Å². The molecule has 0 saturated carbocycles. The second-order valence-corrected chi connectivity index (χ2v) is 5.23. The first-order chi connectivity index (χ1) is 11.5. The van der Waals surface area contributed by atoms with Gasteiger partial charge in [0.1, 0.15) is 0 Å². The van der Waals surface area contributed by atoms with Crippen LogP contribution >= 0.6 is 0 Å². The normalized spacial score (nSPS) is 11.4. The molecular formula is C17H25NO6. The average Bonchev–Trinajstić information content (AvgIpc) is 2.63. The Bertz CT molecular complexity index is 547. The molecule has 3 N–H and O–H groups in total. The zero-order valence-corrected chi connectivity index (χ0v) is 14.5. The van der Waals surface area contributed by atoms with Crippen LogP contribution in [0.4, 0.5) is 0 Å². The fraction of sp³-hybridized carbons (Fsp3) is 0.471. The molecule has 0 heterocycles. The lowest BCUT2D eigenvalue weighted by Gasteiger charge is -2.29. The molecule has 0 bridgehead atoms. The first-order valence-corrected chi connectivity index (χ1v) is 7.51. The van der Waals surface area contributed by atoms with Crippen LogP contribution in [-0.2, 0) is 4.79 Å². The van der Waals surface area contributed by atoms with E-state index in [1.807, 2.05) is 0 Å². The highest BCUT2D eigenvalue weighted by molar-refractivity contribution is 5.92. The summed E-state index contributed by atoms with van der Waals surface area (Å²) in [6.07, 6.45) is 3.30. The maximum absolute atomic E-state index is 12.0. The molecule has 0 spiro atoms. The summed E-state index contributed by atoms with van der Waals surface area (Å²) in [5, 5.41) is 21.3. The number of hydrogen-bond donors (Lipinski definition) is 3.